The molecule has 0 spiro atoms. The van der Waals surface area contributed by atoms with Crippen LogP contribution in [-0.2, 0) is 16.1 Å². The van der Waals surface area contributed by atoms with E-state index in [1.165, 1.54) is 0 Å². The maximum atomic E-state index is 12.3. The molecular weight excluding hydrogens is 328 g/mol. The smallest absolute Gasteiger partial charge is 0.407 e. The van der Waals surface area contributed by atoms with E-state index in [0.717, 1.165) is 17.7 Å². The highest BCUT2D eigenvalue weighted by Crippen LogP contribution is 2.18. The van der Waals surface area contributed by atoms with Gasteiger partial charge in [0.2, 0.25) is 0 Å². The molecule has 0 saturated carbocycles. The molecule has 0 aliphatic carbocycles. The zero-order valence-corrected chi connectivity index (χ0v) is 15.0. The average Bonchev–Trinajstić information content (AvgIpc) is 3.18. The minimum atomic E-state index is -0.299. The van der Waals surface area contributed by atoms with Crippen LogP contribution in [0.2, 0.25) is 0 Å². The first-order valence-corrected chi connectivity index (χ1v) is 8.89. The zero-order chi connectivity index (χ0) is 18.2. The lowest BCUT2D eigenvalue weighted by Crippen LogP contribution is -2.33. The summed E-state index contributed by atoms with van der Waals surface area (Å²) in [6, 6.07) is 19.9. The van der Waals surface area contributed by atoms with E-state index in [2.05, 4.69) is 5.32 Å². The monoisotopic (exact) mass is 353 g/mol. The van der Waals surface area contributed by atoms with Gasteiger partial charge in [-0.3, -0.25) is 0 Å². The molecule has 1 heterocycles. The van der Waals surface area contributed by atoms with E-state index in [1.807, 2.05) is 66.9 Å². The third-order valence-electron chi connectivity index (χ3n) is 4.50. The van der Waals surface area contributed by atoms with Gasteiger partial charge in [-0.25, -0.2) is 0 Å². The van der Waals surface area contributed by atoms with E-state index in [1.54, 1.807) is 11.7 Å². The van der Waals surface area contributed by atoms with Crippen molar-refractivity contribution in [2.45, 2.75) is 19.1 Å². The van der Waals surface area contributed by atoms with Gasteiger partial charge in [-0.05, 0) is 17.7 Å². The Kier molecular flexibility index (Phi) is 6.39. The second kappa shape index (κ2) is 9.15. The molecule has 136 valence electrons. The fourth-order valence-corrected chi connectivity index (χ4v) is 3.13. The highest BCUT2D eigenvalue weighted by Gasteiger charge is 2.34. The minimum absolute atomic E-state index is 0.106. The molecule has 1 aliphatic heterocycles. The zero-order valence-electron chi connectivity index (χ0n) is 15.0. The predicted octanol–water partition coefficient (Wildman–Crippen LogP) is 3.55. The fourth-order valence-electron chi connectivity index (χ4n) is 3.13. The number of carbonyl (C=O) groups excluding carboxylic acids is 1. The summed E-state index contributed by atoms with van der Waals surface area (Å²) in [7, 11) is 1.69. The van der Waals surface area contributed by atoms with Crippen LogP contribution in [0.25, 0.3) is 0 Å². The third kappa shape index (κ3) is 4.92. The van der Waals surface area contributed by atoms with Crippen molar-refractivity contribution in [3.63, 3.8) is 0 Å². The summed E-state index contributed by atoms with van der Waals surface area (Å²) in [6.07, 6.45) is 2.55. The van der Waals surface area contributed by atoms with Gasteiger partial charge in [0.1, 0.15) is 6.61 Å². The predicted molar refractivity (Wildman–Crippen MR) is 102 cm³/mol. The maximum absolute atomic E-state index is 12.3. The molecule has 2 aromatic rings. The molecule has 0 fully saturated rings. The Hall–Kier alpha value is -2.66. The summed E-state index contributed by atoms with van der Waals surface area (Å²) in [4.78, 5) is 12.3. The number of para-hydroxylation sites is 1. The van der Waals surface area contributed by atoms with Gasteiger partial charge < -0.3 is 14.8 Å². The van der Waals surface area contributed by atoms with Gasteiger partial charge in [0.25, 0.3) is 0 Å². The van der Waals surface area contributed by atoms with E-state index >= 15 is 0 Å². The number of ether oxygens (including phenoxy) is 2. The summed E-state index contributed by atoms with van der Waals surface area (Å²) in [5.41, 5.74) is 2.03. The van der Waals surface area contributed by atoms with Gasteiger partial charge in [-0.2, -0.15) is 4.79 Å². The number of hydrogen-bond donors (Lipinski definition) is 1. The van der Waals surface area contributed by atoms with Crippen molar-refractivity contribution >= 4 is 18.0 Å². The number of carbonyl (C=O) groups is 1. The summed E-state index contributed by atoms with van der Waals surface area (Å²) in [6.45, 7) is 1.52. The van der Waals surface area contributed by atoms with Crippen molar-refractivity contribution in [2.75, 3.05) is 25.6 Å². The number of anilines is 1. The first-order chi connectivity index (χ1) is 12.8. The minimum Gasteiger partial charge on any atom is -0.407 e. The molecule has 3 rings (SSSR count). The van der Waals surface area contributed by atoms with Gasteiger partial charge in [-0.15, -0.1) is 4.58 Å². The Morgan fingerprint density at radius 2 is 1.85 bits per heavy atom. The molecule has 0 radical (unpaired) electrons. The van der Waals surface area contributed by atoms with Crippen LogP contribution >= 0.6 is 0 Å². The number of methoxy groups -OCH3 is 1. The van der Waals surface area contributed by atoms with Gasteiger partial charge in [-0.1, -0.05) is 48.5 Å². The molecule has 26 heavy (non-hydrogen) atoms. The largest absolute Gasteiger partial charge is 0.596 e. The molecular formula is C21H25N2O3+. The third-order valence-corrected chi connectivity index (χ3v) is 4.50. The van der Waals surface area contributed by atoms with Crippen molar-refractivity contribution in [1.29, 1.82) is 0 Å². The van der Waals surface area contributed by atoms with Crippen LogP contribution in [-0.4, -0.2) is 43.2 Å². The Bertz CT molecular complexity index is 731. The SMILES string of the molecule is COC[C@H](Nc1ccccc1)C1C=[N+](C(=O)OCc2ccccc2)CC1. The topological polar surface area (TPSA) is 50.6 Å². The van der Waals surface area contributed by atoms with E-state index < -0.39 is 0 Å². The molecule has 0 bridgehead atoms. The highest BCUT2D eigenvalue weighted by molar-refractivity contribution is 5.69. The van der Waals surface area contributed by atoms with Crippen molar-refractivity contribution < 1.29 is 18.8 Å². The molecule has 0 saturated heterocycles. The number of nitrogens with one attached hydrogen (secondary N) is 1. The van der Waals surface area contributed by atoms with Gasteiger partial charge in [0.15, 0.2) is 12.8 Å². The van der Waals surface area contributed by atoms with Crippen LogP contribution in [0.1, 0.15) is 12.0 Å². The Morgan fingerprint density at radius 3 is 2.54 bits per heavy atom. The van der Waals surface area contributed by atoms with Crippen LogP contribution in [0.3, 0.4) is 0 Å². The summed E-state index contributed by atoms with van der Waals surface area (Å²) in [5.74, 6) is 0.208. The highest BCUT2D eigenvalue weighted by atomic mass is 16.5. The van der Waals surface area contributed by atoms with E-state index in [9.17, 15) is 4.79 Å². The summed E-state index contributed by atoms with van der Waals surface area (Å²) in [5, 5.41) is 3.50. The van der Waals surface area contributed by atoms with E-state index in [0.29, 0.717) is 19.8 Å². The quantitative estimate of drug-likeness (QED) is 0.774. The average molecular weight is 353 g/mol. The molecule has 0 aromatic heterocycles. The molecule has 5 nitrogen and oxygen atoms in total. The molecule has 1 unspecified atom stereocenters. The maximum Gasteiger partial charge on any atom is 0.596 e. The Labute approximate surface area is 154 Å². The van der Waals surface area contributed by atoms with Crippen LogP contribution in [0.15, 0.2) is 60.7 Å². The lowest BCUT2D eigenvalue weighted by atomic mass is 9.99. The number of amides is 1. The number of benzene rings is 2. The van der Waals surface area contributed by atoms with Crippen molar-refractivity contribution in [3.05, 3.63) is 66.2 Å². The number of nitrogens with zero attached hydrogens (tertiary/aromatic N) is 1. The van der Waals surface area contributed by atoms with Crippen LogP contribution in [0, 0.1) is 5.92 Å². The standard InChI is InChI=1S/C21H25N2O3/c1-25-16-20(22-19-10-6-3-7-11-19)18-12-13-23(14-18)21(24)26-15-17-8-4-2-5-9-17/h2-11,14,18,20,22H,12-13,15-16H2,1H3/q+1/t18?,20-/m0/s1. The van der Waals surface area contributed by atoms with E-state index in [-0.39, 0.29) is 18.1 Å². The molecule has 1 amide bonds. The van der Waals surface area contributed by atoms with Crippen LogP contribution in [0.4, 0.5) is 10.5 Å². The lowest BCUT2D eigenvalue weighted by molar-refractivity contribution is -0.434. The van der Waals surface area contributed by atoms with Crippen LogP contribution in [0.5, 0.6) is 0 Å². The van der Waals surface area contributed by atoms with Crippen molar-refractivity contribution in [2.24, 2.45) is 5.92 Å². The second-order valence-corrected chi connectivity index (χ2v) is 6.41. The molecule has 2 aromatic carbocycles. The van der Waals surface area contributed by atoms with E-state index in [4.69, 9.17) is 9.47 Å². The Balaban J connectivity index is 1.59. The molecule has 1 aliphatic rings. The van der Waals surface area contributed by atoms with Crippen molar-refractivity contribution in [3.8, 4) is 0 Å². The first-order valence-electron chi connectivity index (χ1n) is 8.89. The fraction of sp³-hybridized carbons (Fsp3) is 0.333. The molecule has 1 N–H and O–H groups in total. The normalized spacial score (nSPS) is 17.4. The second-order valence-electron chi connectivity index (χ2n) is 6.41. The van der Waals surface area contributed by atoms with Gasteiger partial charge in [0.05, 0.1) is 18.6 Å². The summed E-state index contributed by atoms with van der Waals surface area (Å²) < 4.78 is 12.5. The lowest BCUT2D eigenvalue weighted by Gasteiger charge is -2.21. The van der Waals surface area contributed by atoms with Gasteiger partial charge >= 0.3 is 6.09 Å². The first kappa shape index (κ1) is 18.1. The number of rotatable bonds is 7. The molecule has 2 atom stereocenters. The van der Waals surface area contributed by atoms with Crippen LogP contribution < -0.4 is 5.32 Å². The molecule has 5 heteroatoms. The summed E-state index contributed by atoms with van der Waals surface area (Å²) >= 11 is 0. The van der Waals surface area contributed by atoms with Gasteiger partial charge in [0, 0.05) is 19.2 Å². The van der Waals surface area contributed by atoms with Crippen molar-refractivity contribution in [1.82, 2.24) is 0 Å². The number of hydrogen-bond acceptors (Lipinski definition) is 4. The Morgan fingerprint density at radius 1 is 1.15 bits per heavy atom.